The maximum Gasteiger partial charge on any atom is 0.416 e. The van der Waals surface area contributed by atoms with Gasteiger partial charge in [-0.2, -0.15) is 13.2 Å². The van der Waals surface area contributed by atoms with Crippen LogP contribution in [0, 0.1) is 0 Å². The van der Waals surface area contributed by atoms with Crippen molar-refractivity contribution < 1.29 is 17.9 Å². The zero-order valence-electron chi connectivity index (χ0n) is 6.75. The summed E-state index contributed by atoms with van der Waals surface area (Å²) in [6.45, 7) is 1.88. The second-order valence-electron chi connectivity index (χ2n) is 2.65. The quantitative estimate of drug-likeness (QED) is 0.650. The van der Waals surface area contributed by atoms with Crippen LogP contribution in [-0.2, 0) is 4.74 Å². The number of hydrogen-bond donors (Lipinski definition) is 1. The Kier molecular flexibility index (Phi) is 3.31. The van der Waals surface area contributed by atoms with E-state index in [1.807, 2.05) is 0 Å². The SMILES string of the molecule is CNCOC(C)(C)C(F)(F)F. The van der Waals surface area contributed by atoms with Gasteiger partial charge in [0.1, 0.15) is 0 Å². The van der Waals surface area contributed by atoms with E-state index < -0.39 is 11.8 Å². The van der Waals surface area contributed by atoms with Crippen molar-refractivity contribution in [3.05, 3.63) is 0 Å². The summed E-state index contributed by atoms with van der Waals surface area (Å²) in [6, 6.07) is 0. The van der Waals surface area contributed by atoms with Gasteiger partial charge in [-0.05, 0) is 20.9 Å². The topological polar surface area (TPSA) is 21.3 Å². The van der Waals surface area contributed by atoms with Gasteiger partial charge in [-0.25, -0.2) is 0 Å². The lowest BCUT2D eigenvalue weighted by atomic mass is 10.1. The maximum atomic E-state index is 12.0. The molecule has 0 saturated heterocycles. The van der Waals surface area contributed by atoms with Crippen molar-refractivity contribution in [2.45, 2.75) is 25.6 Å². The molecule has 0 spiro atoms. The van der Waals surface area contributed by atoms with Crippen molar-refractivity contribution >= 4 is 0 Å². The molecule has 0 fully saturated rings. The van der Waals surface area contributed by atoms with Crippen LogP contribution in [0.15, 0.2) is 0 Å². The van der Waals surface area contributed by atoms with Crippen LogP contribution in [0.4, 0.5) is 13.2 Å². The van der Waals surface area contributed by atoms with Crippen LogP contribution in [0.3, 0.4) is 0 Å². The second-order valence-corrected chi connectivity index (χ2v) is 2.65. The molecule has 0 aliphatic heterocycles. The van der Waals surface area contributed by atoms with Crippen LogP contribution < -0.4 is 5.32 Å². The molecule has 0 amide bonds. The fraction of sp³-hybridized carbons (Fsp3) is 1.00. The van der Waals surface area contributed by atoms with E-state index in [1.54, 1.807) is 0 Å². The molecule has 0 aromatic heterocycles. The molecule has 0 aliphatic rings. The Hall–Kier alpha value is -0.290. The summed E-state index contributed by atoms with van der Waals surface area (Å²) in [5.74, 6) is 0. The summed E-state index contributed by atoms with van der Waals surface area (Å²) >= 11 is 0. The largest absolute Gasteiger partial charge is 0.416 e. The van der Waals surface area contributed by atoms with Gasteiger partial charge < -0.3 is 4.74 Å². The minimum absolute atomic E-state index is 0.105. The zero-order chi connectivity index (χ0) is 9.12. The molecular formula is C6H12F3NO. The van der Waals surface area contributed by atoms with Crippen molar-refractivity contribution in [2.24, 2.45) is 0 Å². The molecule has 2 nitrogen and oxygen atoms in total. The molecule has 5 heteroatoms. The third-order valence-corrected chi connectivity index (χ3v) is 1.26. The van der Waals surface area contributed by atoms with Crippen LogP contribution in [0.25, 0.3) is 0 Å². The van der Waals surface area contributed by atoms with E-state index in [9.17, 15) is 13.2 Å². The standard InChI is InChI=1S/C6H12F3NO/c1-5(2,6(7,8)9)11-4-10-3/h10H,4H2,1-3H3. The van der Waals surface area contributed by atoms with Crippen molar-refractivity contribution in [1.82, 2.24) is 5.32 Å². The fourth-order valence-corrected chi connectivity index (χ4v) is 0.334. The van der Waals surface area contributed by atoms with Gasteiger partial charge in [-0.1, -0.05) is 0 Å². The summed E-state index contributed by atoms with van der Waals surface area (Å²) in [5.41, 5.74) is -2.07. The Morgan fingerprint density at radius 3 is 2.00 bits per heavy atom. The monoisotopic (exact) mass is 171 g/mol. The first-order valence-electron chi connectivity index (χ1n) is 3.16. The Morgan fingerprint density at radius 2 is 1.73 bits per heavy atom. The van der Waals surface area contributed by atoms with Gasteiger partial charge in [-0.15, -0.1) is 0 Å². The summed E-state index contributed by atoms with van der Waals surface area (Å²) in [7, 11) is 1.52. The summed E-state index contributed by atoms with van der Waals surface area (Å²) in [5, 5.41) is 2.47. The number of rotatable bonds is 3. The molecular weight excluding hydrogens is 159 g/mol. The zero-order valence-corrected chi connectivity index (χ0v) is 6.75. The van der Waals surface area contributed by atoms with Crippen LogP contribution in [-0.4, -0.2) is 25.6 Å². The van der Waals surface area contributed by atoms with Crippen molar-refractivity contribution in [1.29, 1.82) is 0 Å². The maximum absolute atomic E-state index is 12.0. The molecule has 0 bridgehead atoms. The van der Waals surface area contributed by atoms with Crippen LogP contribution in [0.2, 0.25) is 0 Å². The lowest BCUT2D eigenvalue weighted by Crippen LogP contribution is -2.43. The van der Waals surface area contributed by atoms with Crippen molar-refractivity contribution in [3.8, 4) is 0 Å². The van der Waals surface area contributed by atoms with Crippen LogP contribution in [0.1, 0.15) is 13.8 Å². The Labute approximate surface area is 63.7 Å². The van der Waals surface area contributed by atoms with Gasteiger partial charge in [-0.3, -0.25) is 5.32 Å². The van der Waals surface area contributed by atoms with Gasteiger partial charge >= 0.3 is 6.18 Å². The molecule has 0 saturated carbocycles. The van der Waals surface area contributed by atoms with E-state index >= 15 is 0 Å². The number of nitrogens with one attached hydrogen (secondary N) is 1. The summed E-state index contributed by atoms with van der Waals surface area (Å²) in [6.07, 6.45) is -4.32. The van der Waals surface area contributed by atoms with E-state index in [2.05, 4.69) is 10.1 Å². The van der Waals surface area contributed by atoms with E-state index in [-0.39, 0.29) is 6.73 Å². The van der Waals surface area contributed by atoms with Crippen LogP contribution in [0.5, 0.6) is 0 Å². The molecule has 0 aromatic carbocycles. The molecule has 0 atom stereocenters. The van der Waals surface area contributed by atoms with E-state index in [4.69, 9.17) is 0 Å². The van der Waals surface area contributed by atoms with Gasteiger partial charge in [0.2, 0.25) is 0 Å². The fourth-order valence-electron chi connectivity index (χ4n) is 0.334. The summed E-state index contributed by atoms with van der Waals surface area (Å²) in [4.78, 5) is 0. The molecule has 0 aromatic rings. The molecule has 1 N–H and O–H groups in total. The minimum Gasteiger partial charge on any atom is -0.351 e. The first-order chi connectivity index (χ1) is 4.81. The molecule has 0 rings (SSSR count). The Balaban J connectivity index is 4.00. The molecule has 68 valence electrons. The second kappa shape index (κ2) is 3.40. The first kappa shape index (κ1) is 10.7. The minimum atomic E-state index is -4.32. The average molecular weight is 171 g/mol. The van der Waals surface area contributed by atoms with Gasteiger partial charge in [0.05, 0.1) is 6.73 Å². The number of halogens is 3. The Morgan fingerprint density at radius 1 is 1.27 bits per heavy atom. The predicted octanol–water partition coefficient (Wildman–Crippen LogP) is 1.52. The Bertz CT molecular complexity index is 121. The molecule has 0 aliphatic carbocycles. The van der Waals surface area contributed by atoms with Crippen molar-refractivity contribution in [3.63, 3.8) is 0 Å². The number of ether oxygens (including phenoxy) is 1. The highest BCUT2D eigenvalue weighted by Crippen LogP contribution is 2.32. The lowest BCUT2D eigenvalue weighted by Gasteiger charge is -2.27. The molecule has 0 heterocycles. The van der Waals surface area contributed by atoms with E-state index in [0.29, 0.717) is 0 Å². The van der Waals surface area contributed by atoms with Gasteiger partial charge in [0, 0.05) is 0 Å². The highest BCUT2D eigenvalue weighted by Gasteiger charge is 2.48. The van der Waals surface area contributed by atoms with Crippen molar-refractivity contribution in [2.75, 3.05) is 13.8 Å². The van der Waals surface area contributed by atoms with E-state index in [1.165, 1.54) is 7.05 Å². The lowest BCUT2D eigenvalue weighted by molar-refractivity contribution is -0.264. The predicted molar refractivity (Wildman–Crippen MR) is 35.1 cm³/mol. The van der Waals surface area contributed by atoms with E-state index in [0.717, 1.165) is 13.8 Å². The molecule has 0 unspecified atom stereocenters. The number of hydrogen-bond acceptors (Lipinski definition) is 2. The summed E-state index contributed by atoms with van der Waals surface area (Å²) < 4.78 is 40.5. The molecule has 11 heavy (non-hydrogen) atoms. The highest BCUT2D eigenvalue weighted by atomic mass is 19.4. The van der Waals surface area contributed by atoms with Gasteiger partial charge in [0.25, 0.3) is 0 Å². The molecule has 0 radical (unpaired) electrons. The normalized spacial score (nSPS) is 13.6. The van der Waals surface area contributed by atoms with Crippen LogP contribution >= 0.6 is 0 Å². The first-order valence-corrected chi connectivity index (χ1v) is 3.16. The third-order valence-electron chi connectivity index (χ3n) is 1.26. The number of alkyl halides is 3. The highest BCUT2D eigenvalue weighted by molar-refractivity contribution is 4.77. The average Bonchev–Trinajstić information content (AvgIpc) is 1.81. The smallest absolute Gasteiger partial charge is 0.351 e. The third kappa shape index (κ3) is 3.07. The van der Waals surface area contributed by atoms with Gasteiger partial charge in [0.15, 0.2) is 5.60 Å².